The van der Waals surface area contributed by atoms with Crippen molar-refractivity contribution in [2.24, 2.45) is 11.1 Å². The maximum absolute atomic E-state index is 6.08. The van der Waals surface area contributed by atoms with Gasteiger partial charge in [0.25, 0.3) is 0 Å². The molecule has 18 heavy (non-hydrogen) atoms. The van der Waals surface area contributed by atoms with E-state index in [0.717, 1.165) is 13.1 Å². The fraction of sp³-hybridized carbons (Fsp3) is 1.00. The highest BCUT2D eigenvalue weighted by Gasteiger charge is 2.29. The fourth-order valence-electron chi connectivity index (χ4n) is 3.12. The van der Waals surface area contributed by atoms with E-state index in [-0.39, 0.29) is 0 Å². The van der Waals surface area contributed by atoms with Crippen LogP contribution in [-0.2, 0) is 0 Å². The Morgan fingerprint density at radius 2 is 1.78 bits per heavy atom. The molecule has 1 aliphatic rings. The van der Waals surface area contributed by atoms with E-state index in [1.807, 2.05) is 0 Å². The van der Waals surface area contributed by atoms with E-state index in [1.54, 1.807) is 0 Å². The van der Waals surface area contributed by atoms with Gasteiger partial charge in [-0.15, -0.1) is 0 Å². The van der Waals surface area contributed by atoms with Gasteiger partial charge in [0.2, 0.25) is 0 Å². The topological polar surface area (TPSA) is 38.0 Å². The molecule has 2 nitrogen and oxygen atoms in total. The van der Waals surface area contributed by atoms with Gasteiger partial charge in [0.15, 0.2) is 0 Å². The Kier molecular flexibility index (Phi) is 7.92. The van der Waals surface area contributed by atoms with E-state index in [4.69, 9.17) is 5.73 Å². The molecule has 0 aromatic carbocycles. The van der Waals surface area contributed by atoms with Crippen LogP contribution in [0.5, 0.6) is 0 Å². The molecule has 3 N–H and O–H groups in total. The summed E-state index contributed by atoms with van der Waals surface area (Å²) in [6.07, 6.45) is 13.6. The smallest absolute Gasteiger partial charge is 0.00389 e. The van der Waals surface area contributed by atoms with Gasteiger partial charge >= 0.3 is 0 Å². The maximum atomic E-state index is 6.08. The average Bonchev–Trinajstić information content (AvgIpc) is 2.63. The first-order valence-corrected chi connectivity index (χ1v) is 8.16. The van der Waals surface area contributed by atoms with Crippen LogP contribution in [0.3, 0.4) is 0 Å². The number of rotatable bonds is 8. The summed E-state index contributed by atoms with van der Waals surface area (Å²) >= 11 is 0. The molecule has 2 heteroatoms. The first-order chi connectivity index (χ1) is 8.72. The van der Waals surface area contributed by atoms with Gasteiger partial charge in [-0.05, 0) is 38.1 Å². The molecule has 1 atom stereocenters. The Hall–Kier alpha value is -0.0800. The number of nitrogens with one attached hydrogen (secondary N) is 1. The zero-order valence-corrected chi connectivity index (χ0v) is 12.6. The van der Waals surface area contributed by atoms with Crippen molar-refractivity contribution in [2.75, 3.05) is 13.1 Å². The normalized spacial score (nSPS) is 21.5. The molecule has 0 saturated heterocycles. The lowest BCUT2D eigenvalue weighted by Gasteiger charge is -2.33. The minimum Gasteiger partial charge on any atom is -0.330 e. The molecule has 108 valence electrons. The van der Waals surface area contributed by atoms with E-state index >= 15 is 0 Å². The summed E-state index contributed by atoms with van der Waals surface area (Å²) in [5.74, 6) is 0. The quantitative estimate of drug-likeness (QED) is 0.510. The monoisotopic (exact) mass is 254 g/mol. The first kappa shape index (κ1) is 16.0. The van der Waals surface area contributed by atoms with Crippen LogP contribution in [0.1, 0.15) is 78.1 Å². The zero-order valence-electron chi connectivity index (χ0n) is 12.6. The van der Waals surface area contributed by atoms with Crippen molar-refractivity contribution in [3.8, 4) is 0 Å². The predicted molar refractivity (Wildman–Crippen MR) is 80.8 cm³/mol. The van der Waals surface area contributed by atoms with Gasteiger partial charge in [0.05, 0.1) is 0 Å². The van der Waals surface area contributed by atoms with Crippen LogP contribution in [-0.4, -0.2) is 19.1 Å². The molecule has 1 fully saturated rings. The van der Waals surface area contributed by atoms with Crippen molar-refractivity contribution in [2.45, 2.75) is 84.1 Å². The Morgan fingerprint density at radius 1 is 1.11 bits per heavy atom. The largest absolute Gasteiger partial charge is 0.330 e. The van der Waals surface area contributed by atoms with Gasteiger partial charge in [-0.25, -0.2) is 0 Å². The molecule has 1 aliphatic carbocycles. The van der Waals surface area contributed by atoms with Gasteiger partial charge in [0.1, 0.15) is 0 Å². The lowest BCUT2D eigenvalue weighted by atomic mass is 9.80. The molecular formula is C16H34N2. The molecule has 1 saturated carbocycles. The third-order valence-electron chi connectivity index (χ3n) is 4.66. The van der Waals surface area contributed by atoms with E-state index in [9.17, 15) is 0 Å². The van der Waals surface area contributed by atoms with Gasteiger partial charge < -0.3 is 11.1 Å². The van der Waals surface area contributed by atoms with E-state index in [0.29, 0.717) is 11.5 Å². The molecule has 0 bridgehead atoms. The molecule has 0 aromatic heterocycles. The molecular weight excluding hydrogens is 220 g/mol. The minimum absolute atomic E-state index is 0.398. The van der Waals surface area contributed by atoms with Crippen LogP contribution in [0.15, 0.2) is 0 Å². The Morgan fingerprint density at radius 3 is 2.33 bits per heavy atom. The molecule has 0 amide bonds. The Balaban J connectivity index is 2.28. The summed E-state index contributed by atoms with van der Waals surface area (Å²) in [6.45, 7) is 6.60. The molecule has 1 unspecified atom stereocenters. The van der Waals surface area contributed by atoms with E-state index in [1.165, 1.54) is 64.2 Å². The van der Waals surface area contributed by atoms with Crippen LogP contribution in [0.2, 0.25) is 0 Å². The number of hydrogen-bond donors (Lipinski definition) is 2. The lowest BCUT2D eigenvalue weighted by molar-refractivity contribution is 0.231. The van der Waals surface area contributed by atoms with E-state index in [2.05, 4.69) is 19.2 Å². The first-order valence-electron chi connectivity index (χ1n) is 8.16. The summed E-state index contributed by atoms with van der Waals surface area (Å²) in [5, 5.41) is 3.75. The molecule has 1 rings (SSSR count). The van der Waals surface area contributed by atoms with Crippen molar-refractivity contribution in [1.82, 2.24) is 5.32 Å². The predicted octanol–water partition coefficient (Wildman–Crippen LogP) is 3.84. The van der Waals surface area contributed by atoms with Gasteiger partial charge in [0, 0.05) is 12.6 Å². The van der Waals surface area contributed by atoms with Crippen LogP contribution in [0.4, 0.5) is 0 Å². The van der Waals surface area contributed by atoms with Crippen LogP contribution in [0.25, 0.3) is 0 Å². The molecule has 0 heterocycles. The summed E-state index contributed by atoms with van der Waals surface area (Å²) in [5.41, 5.74) is 6.47. The van der Waals surface area contributed by atoms with Crippen molar-refractivity contribution in [3.63, 3.8) is 0 Å². The van der Waals surface area contributed by atoms with Crippen molar-refractivity contribution >= 4 is 0 Å². The van der Waals surface area contributed by atoms with E-state index < -0.39 is 0 Å². The summed E-state index contributed by atoms with van der Waals surface area (Å²) < 4.78 is 0. The Bertz CT molecular complexity index is 195. The van der Waals surface area contributed by atoms with Crippen LogP contribution < -0.4 is 11.1 Å². The van der Waals surface area contributed by atoms with Crippen molar-refractivity contribution in [1.29, 1.82) is 0 Å². The molecule has 0 aromatic rings. The molecule has 0 aliphatic heterocycles. The second-order valence-electron chi connectivity index (χ2n) is 6.40. The summed E-state index contributed by atoms with van der Waals surface area (Å²) in [7, 11) is 0. The van der Waals surface area contributed by atoms with Gasteiger partial charge in [-0.1, -0.05) is 51.9 Å². The number of hydrogen-bond acceptors (Lipinski definition) is 2. The second-order valence-corrected chi connectivity index (χ2v) is 6.40. The summed E-state index contributed by atoms with van der Waals surface area (Å²) in [4.78, 5) is 0. The molecule has 0 spiro atoms. The van der Waals surface area contributed by atoms with Crippen molar-refractivity contribution < 1.29 is 0 Å². The Labute approximate surface area is 114 Å². The SMILES string of the molecule is CCCCCC(C)NCC1(CN)CCCCCC1. The lowest BCUT2D eigenvalue weighted by Crippen LogP contribution is -2.43. The number of nitrogens with two attached hydrogens (primary N) is 1. The third-order valence-corrected chi connectivity index (χ3v) is 4.66. The highest BCUT2D eigenvalue weighted by Crippen LogP contribution is 2.33. The van der Waals surface area contributed by atoms with Crippen molar-refractivity contribution in [3.05, 3.63) is 0 Å². The van der Waals surface area contributed by atoms with Gasteiger partial charge in [-0.3, -0.25) is 0 Å². The second kappa shape index (κ2) is 8.92. The average molecular weight is 254 g/mol. The zero-order chi connectivity index (χ0) is 13.3. The molecule has 0 radical (unpaired) electrons. The third kappa shape index (κ3) is 5.71. The highest BCUT2D eigenvalue weighted by molar-refractivity contribution is 4.85. The standard InChI is InChI=1S/C16H34N2/c1-3-4-7-10-15(2)18-14-16(13-17)11-8-5-6-9-12-16/h15,18H,3-14,17H2,1-2H3. The highest BCUT2D eigenvalue weighted by atomic mass is 14.9. The van der Waals surface area contributed by atoms with Crippen LogP contribution in [0, 0.1) is 5.41 Å². The van der Waals surface area contributed by atoms with Gasteiger partial charge in [-0.2, -0.15) is 0 Å². The fourth-order valence-corrected chi connectivity index (χ4v) is 3.12. The van der Waals surface area contributed by atoms with Crippen LogP contribution >= 0.6 is 0 Å². The number of unbranched alkanes of at least 4 members (excludes halogenated alkanes) is 2. The maximum Gasteiger partial charge on any atom is 0.00389 e. The summed E-state index contributed by atoms with van der Waals surface area (Å²) in [6, 6.07) is 0.656. The minimum atomic E-state index is 0.398.